The largest absolute Gasteiger partial charge is 0.494 e. The van der Waals surface area contributed by atoms with E-state index in [1.807, 2.05) is 18.2 Å². The molecule has 4 heteroatoms. The van der Waals surface area contributed by atoms with Crippen molar-refractivity contribution in [2.45, 2.75) is 38.2 Å². The van der Waals surface area contributed by atoms with Crippen LogP contribution in [0.5, 0.6) is 5.75 Å². The van der Waals surface area contributed by atoms with Gasteiger partial charge in [0.2, 0.25) is 0 Å². The van der Waals surface area contributed by atoms with Crippen molar-refractivity contribution in [3.8, 4) is 5.75 Å². The van der Waals surface area contributed by atoms with Gasteiger partial charge in [0.05, 0.1) is 19.8 Å². The number of rotatable bonds is 5. The van der Waals surface area contributed by atoms with Crippen LogP contribution >= 0.6 is 0 Å². The van der Waals surface area contributed by atoms with Crippen molar-refractivity contribution in [3.63, 3.8) is 0 Å². The molecule has 0 bridgehead atoms. The van der Waals surface area contributed by atoms with Crippen LogP contribution in [0.4, 0.5) is 0 Å². The number of aryl methyl sites for hydroxylation is 1. The van der Waals surface area contributed by atoms with E-state index in [9.17, 15) is 9.90 Å². The molecule has 0 aliphatic heterocycles. The Morgan fingerprint density at radius 1 is 1.47 bits per heavy atom. The first-order valence-electron chi connectivity index (χ1n) is 6.71. The second-order valence-corrected chi connectivity index (χ2v) is 4.80. The Hall–Kier alpha value is -1.55. The van der Waals surface area contributed by atoms with E-state index in [4.69, 9.17) is 4.74 Å². The Bertz CT molecular complexity index is 442. The molecule has 1 aromatic carbocycles. The lowest BCUT2D eigenvalue weighted by Gasteiger charge is -2.21. The summed E-state index contributed by atoms with van der Waals surface area (Å²) in [5, 5.41) is 9.95. The Morgan fingerprint density at radius 3 is 3.11 bits per heavy atom. The topological polar surface area (TPSA) is 55.8 Å². The van der Waals surface area contributed by atoms with Crippen molar-refractivity contribution in [2.24, 2.45) is 0 Å². The van der Waals surface area contributed by atoms with Crippen LogP contribution < -0.4 is 4.74 Å². The standard InChI is InChI=1S/C15H20O4/c1-18-15(17)6-3-9-19-12-8-7-11-4-2-5-14(16)13(11)10-12/h7-8,10,14,16H,2-6,9H2,1H3/t14-/m1/s1. The zero-order valence-corrected chi connectivity index (χ0v) is 11.2. The third kappa shape index (κ3) is 3.70. The van der Waals surface area contributed by atoms with Gasteiger partial charge in [-0.15, -0.1) is 0 Å². The molecule has 19 heavy (non-hydrogen) atoms. The number of ether oxygens (including phenoxy) is 2. The molecule has 0 spiro atoms. The molecular formula is C15H20O4. The van der Waals surface area contributed by atoms with Crippen LogP contribution in [0.2, 0.25) is 0 Å². The zero-order valence-electron chi connectivity index (χ0n) is 11.2. The van der Waals surface area contributed by atoms with E-state index in [0.29, 0.717) is 19.4 Å². The lowest BCUT2D eigenvalue weighted by atomic mass is 9.89. The number of hydrogen-bond donors (Lipinski definition) is 1. The zero-order chi connectivity index (χ0) is 13.7. The number of esters is 1. The number of aliphatic hydroxyl groups excluding tert-OH is 1. The fraction of sp³-hybridized carbons (Fsp3) is 0.533. The molecule has 0 aromatic heterocycles. The van der Waals surface area contributed by atoms with Gasteiger partial charge in [0.15, 0.2) is 0 Å². The Balaban J connectivity index is 1.88. The van der Waals surface area contributed by atoms with Gasteiger partial charge in [-0.25, -0.2) is 0 Å². The molecule has 0 saturated heterocycles. The highest BCUT2D eigenvalue weighted by Gasteiger charge is 2.18. The van der Waals surface area contributed by atoms with Gasteiger partial charge in [-0.05, 0) is 48.9 Å². The number of carbonyl (C=O) groups is 1. The van der Waals surface area contributed by atoms with Crippen LogP contribution in [-0.4, -0.2) is 24.8 Å². The predicted octanol–water partition coefficient (Wildman–Crippen LogP) is 2.39. The molecule has 4 nitrogen and oxygen atoms in total. The second-order valence-electron chi connectivity index (χ2n) is 4.80. The number of methoxy groups -OCH3 is 1. The minimum atomic E-state index is -0.373. The van der Waals surface area contributed by atoms with Gasteiger partial charge in [0, 0.05) is 6.42 Å². The fourth-order valence-electron chi connectivity index (χ4n) is 2.35. The summed E-state index contributed by atoms with van der Waals surface area (Å²) in [4.78, 5) is 10.9. The highest BCUT2D eigenvalue weighted by molar-refractivity contribution is 5.69. The summed E-state index contributed by atoms with van der Waals surface area (Å²) in [6, 6.07) is 5.86. The van der Waals surface area contributed by atoms with E-state index in [-0.39, 0.29) is 12.1 Å². The summed E-state index contributed by atoms with van der Waals surface area (Å²) in [6.45, 7) is 0.476. The summed E-state index contributed by atoms with van der Waals surface area (Å²) in [5.41, 5.74) is 2.19. The molecule has 1 N–H and O–H groups in total. The summed E-state index contributed by atoms with van der Waals surface area (Å²) >= 11 is 0. The highest BCUT2D eigenvalue weighted by Crippen LogP contribution is 2.32. The maximum absolute atomic E-state index is 10.9. The maximum Gasteiger partial charge on any atom is 0.305 e. The molecule has 0 amide bonds. The van der Waals surface area contributed by atoms with E-state index in [1.54, 1.807) is 0 Å². The molecule has 2 rings (SSSR count). The summed E-state index contributed by atoms with van der Waals surface area (Å²) in [5.74, 6) is 0.536. The molecular weight excluding hydrogens is 244 g/mol. The van der Waals surface area contributed by atoms with Gasteiger partial charge in [-0.2, -0.15) is 0 Å². The molecule has 104 valence electrons. The lowest BCUT2D eigenvalue weighted by molar-refractivity contribution is -0.140. The van der Waals surface area contributed by atoms with Crippen molar-refractivity contribution in [3.05, 3.63) is 29.3 Å². The smallest absolute Gasteiger partial charge is 0.305 e. The third-order valence-corrected chi connectivity index (χ3v) is 3.42. The van der Waals surface area contributed by atoms with Crippen LogP contribution in [0.3, 0.4) is 0 Å². The molecule has 0 radical (unpaired) electrons. The van der Waals surface area contributed by atoms with Crippen LogP contribution in [0.1, 0.15) is 42.9 Å². The van der Waals surface area contributed by atoms with E-state index < -0.39 is 0 Å². The number of fused-ring (bicyclic) bond motifs is 1. The molecule has 0 heterocycles. The molecule has 1 aliphatic carbocycles. The SMILES string of the molecule is COC(=O)CCCOc1ccc2c(c1)[C@H](O)CCC2. The van der Waals surface area contributed by atoms with E-state index in [2.05, 4.69) is 4.74 Å². The van der Waals surface area contributed by atoms with Crippen molar-refractivity contribution in [1.82, 2.24) is 0 Å². The minimum absolute atomic E-state index is 0.218. The molecule has 0 saturated carbocycles. The molecule has 0 fully saturated rings. The van der Waals surface area contributed by atoms with Gasteiger partial charge in [0.1, 0.15) is 5.75 Å². The number of aliphatic hydroxyl groups is 1. The van der Waals surface area contributed by atoms with E-state index >= 15 is 0 Å². The monoisotopic (exact) mass is 264 g/mol. The van der Waals surface area contributed by atoms with Gasteiger partial charge >= 0.3 is 5.97 Å². The van der Waals surface area contributed by atoms with Crippen molar-refractivity contribution < 1.29 is 19.4 Å². The van der Waals surface area contributed by atoms with E-state index in [0.717, 1.165) is 30.6 Å². The Labute approximate surface area is 113 Å². The maximum atomic E-state index is 10.9. The highest BCUT2D eigenvalue weighted by atomic mass is 16.5. The van der Waals surface area contributed by atoms with Crippen molar-refractivity contribution >= 4 is 5.97 Å². The molecule has 1 aliphatic rings. The number of hydrogen-bond acceptors (Lipinski definition) is 4. The summed E-state index contributed by atoms with van der Waals surface area (Å²) < 4.78 is 10.2. The molecule has 0 unspecified atom stereocenters. The second kappa shape index (κ2) is 6.57. The van der Waals surface area contributed by atoms with Crippen molar-refractivity contribution in [2.75, 3.05) is 13.7 Å². The molecule has 1 aromatic rings. The first-order chi connectivity index (χ1) is 9.20. The van der Waals surface area contributed by atoms with Gasteiger partial charge < -0.3 is 14.6 Å². The van der Waals surface area contributed by atoms with Crippen LogP contribution in [0.15, 0.2) is 18.2 Å². The summed E-state index contributed by atoms with van der Waals surface area (Å²) in [6.07, 6.45) is 3.50. The van der Waals surface area contributed by atoms with E-state index in [1.165, 1.54) is 12.7 Å². The average Bonchev–Trinajstić information content (AvgIpc) is 2.44. The first-order valence-corrected chi connectivity index (χ1v) is 6.71. The van der Waals surface area contributed by atoms with Crippen LogP contribution in [0, 0.1) is 0 Å². The van der Waals surface area contributed by atoms with Gasteiger partial charge in [-0.3, -0.25) is 4.79 Å². The van der Waals surface area contributed by atoms with Crippen LogP contribution in [-0.2, 0) is 16.0 Å². The van der Waals surface area contributed by atoms with Gasteiger partial charge in [-0.1, -0.05) is 6.07 Å². The van der Waals surface area contributed by atoms with Crippen LogP contribution in [0.25, 0.3) is 0 Å². The normalized spacial score (nSPS) is 17.7. The first kappa shape index (κ1) is 13.9. The predicted molar refractivity (Wildman–Crippen MR) is 71.1 cm³/mol. The average molecular weight is 264 g/mol. The number of carbonyl (C=O) groups excluding carboxylic acids is 1. The van der Waals surface area contributed by atoms with Crippen molar-refractivity contribution in [1.29, 1.82) is 0 Å². The lowest BCUT2D eigenvalue weighted by Crippen LogP contribution is -2.10. The summed E-state index contributed by atoms with van der Waals surface area (Å²) in [7, 11) is 1.38. The fourth-order valence-corrected chi connectivity index (χ4v) is 2.35. The number of benzene rings is 1. The van der Waals surface area contributed by atoms with Gasteiger partial charge in [0.25, 0.3) is 0 Å². The minimum Gasteiger partial charge on any atom is -0.494 e. The molecule has 1 atom stereocenters. The Morgan fingerprint density at radius 2 is 2.32 bits per heavy atom. The third-order valence-electron chi connectivity index (χ3n) is 3.42. The quantitative estimate of drug-likeness (QED) is 0.655. The Kier molecular flexibility index (Phi) is 4.80.